The van der Waals surface area contributed by atoms with E-state index in [0.29, 0.717) is 11.6 Å². The van der Waals surface area contributed by atoms with Crippen LogP contribution >= 0.6 is 0 Å². The Morgan fingerprint density at radius 2 is 2.04 bits per heavy atom. The van der Waals surface area contributed by atoms with Crippen molar-refractivity contribution >= 4 is 16.8 Å². The highest BCUT2D eigenvalue weighted by Gasteiger charge is 2.37. The molecule has 1 aromatic heterocycles. The number of hydrogen-bond donors (Lipinski definition) is 1. The number of aromatic amines is 1. The molecule has 0 saturated carbocycles. The van der Waals surface area contributed by atoms with Crippen LogP contribution in [-0.4, -0.2) is 46.9 Å². The third-order valence-corrected chi connectivity index (χ3v) is 6.45. The molecule has 1 N–H and O–H groups in total. The molecule has 2 aromatic carbocycles. The van der Waals surface area contributed by atoms with Crippen molar-refractivity contribution in [3.8, 4) is 0 Å². The lowest BCUT2D eigenvalue weighted by Crippen LogP contribution is -2.49. The van der Waals surface area contributed by atoms with E-state index in [9.17, 15) is 9.18 Å². The van der Waals surface area contributed by atoms with Crippen molar-refractivity contribution in [1.29, 1.82) is 0 Å². The quantitative estimate of drug-likeness (QED) is 0.729. The molecule has 0 spiro atoms. The molecule has 1 amide bonds. The van der Waals surface area contributed by atoms with E-state index in [-0.39, 0.29) is 17.8 Å². The number of para-hydroxylation sites is 1. The van der Waals surface area contributed by atoms with Gasteiger partial charge in [0.2, 0.25) is 0 Å². The summed E-state index contributed by atoms with van der Waals surface area (Å²) < 4.78 is 13.5. The molecule has 3 heterocycles. The number of carbonyl (C=O) groups is 1. The molecule has 4 nitrogen and oxygen atoms in total. The van der Waals surface area contributed by atoms with Crippen LogP contribution in [0.5, 0.6) is 0 Å². The number of amides is 1. The summed E-state index contributed by atoms with van der Waals surface area (Å²) in [4.78, 5) is 20.9. The molecular weight excluding hydrogens is 353 g/mol. The number of aromatic nitrogens is 1. The average Bonchev–Trinajstić information content (AvgIpc) is 3.11. The fraction of sp³-hybridized carbons (Fsp3) is 0.348. The van der Waals surface area contributed by atoms with E-state index in [4.69, 9.17) is 0 Å². The molecule has 2 aliphatic heterocycles. The number of piperidine rings is 1. The monoisotopic (exact) mass is 377 g/mol. The van der Waals surface area contributed by atoms with Crippen LogP contribution in [0.4, 0.5) is 4.39 Å². The lowest BCUT2D eigenvalue weighted by Gasteiger charge is -2.44. The molecule has 3 aromatic rings. The number of halogens is 1. The molecule has 5 heteroatoms. The number of hydrogen-bond acceptors (Lipinski definition) is 2. The SMILES string of the molecule is CN(C(=O)c1cccc(F)c1)C1CCN2CCc3c([nH]c4ccccc34)[C@@H]2C1. The van der Waals surface area contributed by atoms with Crippen LogP contribution in [0.15, 0.2) is 48.5 Å². The maximum Gasteiger partial charge on any atom is 0.253 e. The molecule has 2 aliphatic rings. The minimum absolute atomic E-state index is 0.106. The lowest BCUT2D eigenvalue weighted by molar-refractivity contribution is 0.0495. The summed E-state index contributed by atoms with van der Waals surface area (Å²) in [7, 11) is 1.85. The number of benzene rings is 2. The van der Waals surface area contributed by atoms with Crippen LogP contribution < -0.4 is 0 Å². The first kappa shape index (κ1) is 17.4. The normalized spacial score (nSPS) is 21.9. The first-order valence-electron chi connectivity index (χ1n) is 9.98. The third kappa shape index (κ3) is 2.81. The summed E-state index contributed by atoms with van der Waals surface area (Å²) in [5, 5.41) is 1.32. The smallest absolute Gasteiger partial charge is 0.253 e. The Kier molecular flexibility index (Phi) is 4.20. The van der Waals surface area contributed by atoms with Crippen LogP contribution in [0.3, 0.4) is 0 Å². The summed E-state index contributed by atoms with van der Waals surface area (Å²) in [6.07, 6.45) is 2.92. The Labute approximate surface area is 163 Å². The van der Waals surface area contributed by atoms with E-state index < -0.39 is 0 Å². The number of nitrogens with zero attached hydrogens (tertiary/aromatic N) is 2. The van der Waals surface area contributed by atoms with E-state index in [2.05, 4.69) is 34.1 Å². The second-order valence-electron chi connectivity index (χ2n) is 7.97. The summed E-state index contributed by atoms with van der Waals surface area (Å²) in [6.45, 7) is 2.04. The Hall–Kier alpha value is -2.66. The molecule has 28 heavy (non-hydrogen) atoms. The van der Waals surface area contributed by atoms with Gasteiger partial charge in [-0.25, -0.2) is 4.39 Å². The standard InChI is InChI=1S/C23H24FN3O/c1-26(23(28)15-5-4-6-16(24)13-15)17-9-11-27-12-10-19-18-7-2-3-8-20(18)25-22(19)21(27)14-17/h2-8,13,17,21,25H,9-12,14H2,1H3/t17?,21-/m0/s1. The predicted octanol–water partition coefficient (Wildman–Crippen LogP) is 4.14. The number of fused-ring (bicyclic) bond motifs is 5. The number of H-pyrrole nitrogens is 1. The summed E-state index contributed by atoms with van der Waals surface area (Å²) in [5.41, 5.74) is 4.35. The lowest BCUT2D eigenvalue weighted by atomic mass is 9.87. The van der Waals surface area contributed by atoms with E-state index in [1.165, 1.54) is 34.3 Å². The van der Waals surface area contributed by atoms with Crippen molar-refractivity contribution in [2.24, 2.45) is 0 Å². The molecule has 144 valence electrons. The first-order chi connectivity index (χ1) is 13.6. The number of nitrogens with one attached hydrogen (secondary N) is 1. The molecule has 1 fully saturated rings. The van der Waals surface area contributed by atoms with E-state index in [1.807, 2.05) is 11.9 Å². The molecule has 0 aliphatic carbocycles. The minimum atomic E-state index is -0.371. The van der Waals surface area contributed by atoms with E-state index >= 15 is 0 Å². The zero-order chi connectivity index (χ0) is 19.3. The molecule has 5 rings (SSSR count). The van der Waals surface area contributed by atoms with Crippen molar-refractivity contribution in [3.63, 3.8) is 0 Å². The highest BCUT2D eigenvalue weighted by Crippen LogP contribution is 2.40. The van der Waals surface area contributed by atoms with Gasteiger partial charge in [0, 0.05) is 48.3 Å². The van der Waals surface area contributed by atoms with Gasteiger partial charge in [-0.15, -0.1) is 0 Å². The molecule has 1 unspecified atom stereocenters. The second kappa shape index (κ2) is 6.74. The van der Waals surface area contributed by atoms with Crippen molar-refractivity contribution < 1.29 is 9.18 Å². The van der Waals surface area contributed by atoms with E-state index in [0.717, 1.165) is 32.4 Å². The topological polar surface area (TPSA) is 39.3 Å². The Bertz CT molecular complexity index is 1040. The second-order valence-corrected chi connectivity index (χ2v) is 7.97. The van der Waals surface area contributed by atoms with E-state index in [1.54, 1.807) is 12.1 Å². The summed E-state index contributed by atoms with van der Waals surface area (Å²) in [5.74, 6) is -0.477. The van der Waals surface area contributed by atoms with Crippen LogP contribution in [0.1, 0.15) is 40.5 Å². The van der Waals surface area contributed by atoms with Gasteiger partial charge in [-0.05, 0) is 49.1 Å². The summed E-state index contributed by atoms with van der Waals surface area (Å²) in [6, 6.07) is 14.9. The maximum absolute atomic E-state index is 13.5. The Morgan fingerprint density at radius 3 is 2.89 bits per heavy atom. The van der Waals surface area contributed by atoms with Gasteiger partial charge in [0.05, 0.1) is 6.04 Å². The van der Waals surface area contributed by atoms with Gasteiger partial charge in [-0.2, -0.15) is 0 Å². The zero-order valence-corrected chi connectivity index (χ0v) is 16.0. The maximum atomic E-state index is 13.5. The Morgan fingerprint density at radius 1 is 1.18 bits per heavy atom. The average molecular weight is 377 g/mol. The molecule has 2 atom stereocenters. The van der Waals surface area contributed by atoms with Crippen LogP contribution in [0.2, 0.25) is 0 Å². The third-order valence-electron chi connectivity index (χ3n) is 6.45. The first-order valence-corrected chi connectivity index (χ1v) is 9.98. The van der Waals surface area contributed by atoms with Crippen LogP contribution in [-0.2, 0) is 6.42 Å². The largest absolute Gasteiger partial charge is 0.357 e. The minimum Gasteiger partial charge on any atom is -0.357 e. The fourth-order valence-electron chi connectivity index (χ4n) is 4.94. The number of carbonyl (C=O) groups excluding carboxylic acids is 1. The highest BCUT2D eigenvalue weighted by atomic mass is 19.1. The summed E-state index contributed by atoms with van der Waals surface area (Å²) >= 11 is 0. The molecular formula is C23H24FN3O. The highest BCUT2D eigenvalue weighted by molar-refractivity contribution is 5.94. The van der Waals surface area contributed by atoms with Crippen molar-refractivity contribution in [3.05, 3.63) is 71.2 Å². The predicted molar refractivity (Wildman–Crippen MR) is 108 cm³/mol. The van der Waals surface area contributed by atoms with Gasteiger partial charge in [-0.1, -0.05) is 24.3 Å². The van der Waals surface area contributed by atoms with Gasteiger partial charge >= 0.3 is 0 Å². The Balaban J connectivity index is 1.42. The van der Waals surface area contributed by atoms with Gasteiger partial charge in [0.25, 0.3) is 5.91 Å². The van der Waals surface area contributed by atoms with Gasteiger partial charge < -0.3 is 9.88 Å². The van der Waals surface area contributed by atoms with Crippen molar-refractivity contribution in [2.45, 2.75) is 31.3 Å². The zero-order valence-electron chi connectivity index (χ0n) is 16.0. The molecule has 0 radical (unpaired) electrons. The molecule has 1 saturated heterocycles. The van der Waals surface area contributed by atoms with Crippen molar-refractivity contribution in [2.75, 3.05) is 20.1 Å². The van der Waals surface area contributed by atoms with Crippen molar-refractivity contribution in [1.82, 2.24) is 14.8 Å². The van der Waals surface area contributed by atoms with Crippen LogP contribution in [0.25, 0.3) is 10.9 Å². The van der Waals surface area contributed by atoms with Crippen LogP contribution in [0, 0.1) is 5.82 Å². The number of rotatable bonds is 2. The fourth-order valence-corrected chi connectivity index (χ4v) is 4.94. The van der Waals surface area contributed by atoms with Gasteiger partial charge in [-0.3, -0.25) is 9.69 Å². The van der Waals surface area contributed by atoms with Gasteiger partial charge in [0.15, 0.2) is 0 Å². The van der Waals surface area contributed by atoms with Gasteiger partial charge in [0.1, 0.15) is 5.82 Å². The molecule has 0 bridgehead atoms.